The van der Waals surface area contributed by atoms with Crippen LogP contribution in [0.2, 0.25) is 0 Å². The van der Waals surface area contributed by atoms with E-state index in [-0.39, 0.29) is 25.2 Å². The highest BCUT2D eigenvalue weighted by Gasteiger charge is 2.83. The van der Waals surface area contributed by atoms with Crippen molar-refractivity contribution in [2.75, 3.05) is 0 Å². The van der Waals surface area contributed by atoms with E-state index >= 15 is 0 Å². The second kappa shape index (κ2) is 4.70. The molecule has 5 heterocycles. The minimum absolute atomic E-state index is 0.0985. The monoisotopic (exact) mass is 322 g/mol. The Balaban J connectivity index is 1.20. The molecule has 6 aliphatic rings. The SMILES string of the molecule is CCCCCCCCC12OC3OC4OC5OC(O1)C1C5C4C3C12. The zero-order valence-electron chi connectivity index (χ0n) is 13.7. The Morgan fingerprint density at radius 3 is 1.87 bits per heavy atom. The highest BCUT2D eigenvalue weighted by molar-refractivity contribution is 5.19. The van der Waals surface area contributed by atoms with Crippen molar-refractivity contribution in [3.8, 4) is 0 Å². The maximum Gasteiger partial charge on any atom is 0.178 e. The number of hydrogen-bond acceptors (Lipinski definition) is 5. The van der Waals surface area contributed by atoms with Crippen molar-refractivity contribution >= 4 is 0 Å². The van der Waals surface area contributed by atoms with Gasteiger partial charge in [-0.05, 0) is 6.42 Å². The van der Waals surface area contributed by atoms with Crippen LogP contribution in [-0.4, -0.2) is 30.9 Å². The van der Waals surface area contributed by atoms with E-state index in [1.54, 1.807) is 0 Å². The van der Waals surface area contributed by atoms with E-state index in [0.717, 1.165) is 6.42 Å². The summed E-state index contributed by atoms with van der Waals surface area (Å²) in [6, 6.07) is 0. The molecule has 8 atom stereocenters. The van der Waals surface area contributed by atoms with E-state index < -0.39 is 5.79 Å². The van der Waals surface area contributed by atoms with Crippen LogP contribution in [0.1, 0.15) is 51.9 Å². The topological polar surface area (TPSA) is 46.2 Å². The summed E-state index contributed by atoms with van der Waals surface area (Å²) >= 11 is 0. The van der Waals surface area contributed by atoms with Crippen LogP contribution in [0.5, 0.6) is 0 Å². The lowest BCUT2D eigenvalue weighted by Crippen LogP contribution is -2.38. The van der Waals surface area contributed by atoms with Crippen molar-refractivity contribution in [1.29, 1.82) is 0 Å². The molecule has 0 aromatic carbocycles. The molecular formula is C18H26O5. The van der Waals surface area contributed by atoms with E-state index in [0.29, 0.717) is 29.6 Å². The highest BCUT2D eigenvalue weighted by Crippen LogP contribution is 2.74. The van der Waals surface area contributed by atoms with Crippen LogP contribution >= 0.6 is 0 Å². The third-order valence-electron chi connectivity index (χ3n) is 7.24. The highest BCUT2D eigenvalue weighted by atomic mass is 16.9. The van der Waals surface area contributed by atoms with Crippen LogP contribution in [0, 0.1) is 29.6 Å². The predicted molar refractivity (Wildman–Crippen MR) is 78.8 cm³/mol. The summed E-state index contributed by atoms with van der Waals surface area (Å²) < 4.78 is 30.7. The van der Waals surface area contributed by atoms with Crippen LogP contribution in [-0.2, 0) is 23.7 Å². The number of hydrogen-bond donors (Lipinski definition) is 0. The Morgan fingerprint density at radius 2 is 1.22 bits per heavy atom. The van der Waals surface area contributed by atoms with Crippen molar-refractivity contribution < 1.29 is 23.7 Å². The molecule has 5 nitrogen and oxygen atoms in total. The summed E-state index contributed by atoms with van der Waals surface area (Å²) in [6.45, 7) is 2.26. The first-order valence-electron chi connectivity index (χ1n) is 9.64. The van der Waals surface area contributed by atoms with Crippen LogP contribution in [0.4, 0.5) is 0 Å². The molecule has 0 radical (unpaired) electrons. The van der Waals surface area contributed by atoms with E-state index in [1.807, 2.05) is 0 Å². The normalized spacial score (nSPS) is 59.6. The van der Waals surface area contributed by atoms with Crippen LogP contribution in [0.3, 0.4) is 0 Å². The fourth-order valence-corrected chi connectivity index (χ4v) is 6.49. The Morgan fingerprint density at radius 1 is 0.652 bits per heavy atom. The number of rotatable bonds is 7. The van der Waals surface area contributed by atoms with Gasteiger partial charge in [0, 0.05) is 36.0 Å². The van der Waals surface area contributed by atoms with Crippen LogP contribution in [0.25, 0.3) is 0 Å². The van der Waals surface area contributed by atoms with Crippen molar-refractivity contribution in [1.82, 2.24) is 0 Å². The predicted octanol–water partition coefficient (Wildman–Crippen LogP) is 2.98. The molecule has 1 aliphatic carbocycles. The van der Waals surface area contributed by atoms with Gasteiger partial charge in [-0.15, -0.1) is 0 Å². The first-order valence-corrected chi connectivity index (χ1v) is 9.64. The van der Waals surface area contributed by atoms with Crippen molar-refractivity contribution in [2.45, 2.75) is 82.8 Å². The van der Waals surface area contributed by atoms with Crippen LogP contribution in [0.15, 0.2) is 0 Å². The van der Waals surface area contributed by atoms with E-state index in [4.69, 9.17) is 23.7 Å². The Kier molecular flexibility index (Phi) is 2.86. The third-order valence-corrected chi connectivity index (χ3v) is 7.24. The second-order valence-corrected chi connectivity index (χ2v) is 8.28. The number of ether oxygens (including phenoxy) is 5. The van der Waals surface area contributed by atoms with Gasteiger partial charge in [-0.1, -0.05) is 39.0 Å². The van der Waals surface area contributed by atoms with Gasteiger partial charge >= 0.3 is 0 Å². The van der Waals surface area contributed by atoms with Crippen LogP contribution < -0.4 is 0 Å². The molecule has 8 unspecified atom stereocenters. The van der Waals surface area contributed by atoms with E-state index in [9.17, 15) is 0 Å². The smallest absolute Gasteiger partial charge is 0.178 e. The lowest BCUT2D eigenvalue weighted by atomic mass is 9.83. The lowest BCUT2D eigenvalue weighted by Gasteiger charge is -2.31. The second-order valence-electron chi connectivity index (χ2n) is 8.28. The van der Waals surface area contributed by atoms with Crippen molar-refractivity contribution in [3.63, 3.8) is 0 Å². The Bertz CT molecular complexity index is 478. The molecule has 0 spiro atoms. The summed E-state index contributed by atoms with van der Waals surface area (Å²) in [4.78, 5) is 0. The molecule has 6 rings (SSSR count). The maximum absolute atomic E-state index is 6.37. The van der Waals surface area contributed by atoms with Gasteiger partial charge in [-0.3, -0.25) is 0 Å². The first-order chi connectivity index (χ1) is 11.3. The van der Waals surface area contributed by atoms with Gasteiger partial charge in [0.25, 0.3) is 0 Å². The van der Waals surface area contributed by atoms with E-state index in [1.165, 1.54) is 38.5 Å². The van der Waals surface area contributed by atoms with Gasteiger partial charge in [-0.25, -0.2) is 0 Å². The summed E-state index contributed by atoms with van der Waals surface area (Å²) in [5.41, 5.74) is 0. The standard InChI is InChI=1S/C18H26O5/c1-2-3-4-5-6-7-8-18-13-11-9-10-12(13)17(23-18)21-15(10)19-14(9)20-16(11)22-18/h9-17H,2-8H2,1H3. The lowest BCUT2D eigenvalue weighted by molar-refractivity contribution is -0.356. The average molecular weight is 322 g/mol. The minimum atomic E-state index is -0.435. The minimum Gasteiger partial charge on any atom is -0.323 e. The Labute approximate surface area is 136 Å². The van der Waals surface area contributed by atoms with E-state index in [2.05, 4.69) is 6.92 Å². The summed E-state index contributed by atoms with van der Waals surface area (Å²) in [6.07, 6.45) is 8.35. The van der Waals surface area contributed by atoms with Gasteiger partial charge in [-0.2, -0.15) is 0 Å². The zero-order valence-corrected chi connectivity index (χ0v) is 13.7. The summed E-state index contributed by atoms with van der Waals surface area (Å²) in [5, 5.41) is 0. The van der Waals surface area contributed by atoms with Gasteiger partial charge in [0.2, 0.25) is 0 Å². The van der Waals surface area contributed by atoms with Gasteiger partial charge in [0.1, 0.15) is 0 Å². The summed E-state index contributed by atoms with van der Waals surface area (Å²) in [5.74, 6) is 1.90. The molecule has 0 N–H and O–H groups in total. The molecule has 5 heteroatoms. The number of unbranched alkanes of at least 4 members (excludes halogenated alkanes) is 5. The Hall–Kier alpha value is -0.200. The molecule has 5 aliphatic heterocycles. The fraction of sp³-hybridized carbons (Fsp3) is 1.00. The molecule has 1 saturated carbocycles. The molecule has 0 amide bonds. The van der Waals surface area contributed by atoms with Crippen molar-refractivity contribution in [3.05, 3.63) is 0 Å². The molecule has 0 bridgehead atoms. The molecule has 5 saturated heterocycles. The van der Waals surface area contributed by atoms with Gasteiger partial charge < -0.3 is 23.7 Å². The largest absolute Gasteiger partial charge is 0.323 e. The van der Waals surface area contributed by atoms with Crippen molar-refractivity contribution in [2.24, 2.45) is 29.6 Å². The quantitative estimate of drug-likeness (QED) is 0.674. The molecule has 23 heavy (non-hydrogen) atoms. The molecular weight excluding hydrogens is 296 g/mol. The average Bonchev–Trinajstić information content (AvgIpc) is 3.27. The molecule has 0 aromatic heterocycles. The molecule has 128 valence electrons. The van der Waals surface area contributed by atoms with Gasteiger partial charge in [0.05, 0.1) is 0 Å². The maximum atomic E-state index is 6.37. The first kappa shape index (κ1) is 14.0. The molecule has 6 fully saturated rings. The third kappa shape index (κ3) is 1.61. The summed E-state index contributed by atoms with van der Waals surface area (Å²) in [7, 11) is 0. The zero-order chi connectivity index (χ0) is 15.2. The van der Waals surface area contributed by atoms with Gasteiger partial charge in [0.15, 0.2) is 30.9 Å². The fourth-order valence-electron chi connectivity index (χ4n) is 6.49. The molecule has 0 aromatic rings.